The summed E-state index contributed by atoms with van der Waals surface area (Å²) in [6.45, 7) is 2.41. The number of carbonyl (C=O) groups excluding carboxylic acids is 1. The van der Waals surface area contributed by atoms with E-state index in [9.17, 15) is 4.79 Å². The highest BCUT2D eigenvalue weighted by molar-refractivity contribution is 6.31. The third-order valence-electron chi connectivity index (χ3n) is 2.77. The lowest BCUT2D eigenvalue weighted by atomic mass is 10.2. The van der Waals surface area contributed by atoms with Gasteiger partial charge >= 0.3 is 5.97 Å². The molecule has 0 saturated heterocycles. The van der Waals surface area contributed by atoms with E-state index < -0.39 is 5.97 Å². The number of methoxy groups -OCH3 is 1. The van der Waals surface area contributed by atoms with Gasteiger partial charge in [0.25, 0.3) is 0 Å². The van der Waals surface area contributed by atoms with Gasteiger partial charge in [0, 0.05) is 10.7 Å². The number of benzene rings is 1. The number of halogens is 1. The van der Waals surface area contributed by atoms with Crippen molar-refractivity contribution in [3.05, 3.63) is 52.4 Å². The quantitative estimate of drug-likeness (QED) is 0.868. The highest BCUT2D eigenvalue weighted by Crippen LogP contribution is 2.23. The Kier molecular flexibility index (Phi) is 4.12. The summed E-state index contributed by atoms with van der Waals surface area (Å²) in [4.78, 5) is 11.2. The molecule has 1 aromatic carbocycles. The highest BCUT2D eigenvalue weighted by Gasteiger charge is 2.11. The smallest absolute Gasteiger partial charge is 0.373 e. The van der Waals surface area contributed by atoms with Crippen molar-refractivity contribution in [1.29, 1.82) is 0 Å². The molecule has 0 spiro atoms. The lowest BCUT2D eigenvalue weighted by Gasteiger charge is -2.09. The molecule has 4 nitrogen and oxygen atoms in total. The molecule has 0 radical (unpaired) electrons. The van der Waals surface area contributed by atoms with E-state index in [1.54, 1.807) is 12.1 Å². The van der Waals surface area contributed by atoms with Gasteiger partial charge in [-0.25, -0.2) is 4.79 Å². The zero-order chi connectivity index (χ0) is 13.8. The average Bonchev–Trinajstić information content (AvgIpc) is 2.88. The van der Waals surface area contributed by atoms with Gasteiger partial charge in [-0.2, -0.15) is 0 Å². The van der Waals surface area contributed by atoms with Gasteiger partial charge in [0.15, 0.2) is 0 Å². The van der Waals surface area contributed by atoms with E-state index in [0.29, 0.717) is 17.3 Å². The second-order valence-corrected chi connectivity index (χ2v) is 4.43. The lowest BCUT2D eigenvalue weighted by molar-refractivity contribution is 0.0563. The van der Waals surface area contributed by atoms with Crippen molar-refractivity contribution in [2.45, 2.75) is 13.5 Å². The summed E-state index contributed by atoms with van der Waals surface area (Å²) in [7, 11) is 1.32. The SMILES string of the molecule is COC(=O)c1ccc(CNc2cccc(Cl)c2C)o1. The molecule has 0 unspecified atom stereocenters. The van der Waals surface area contributed by atoms with Crippen molar-refractivity contribution in [2.24, 2.45) is 0 Å². The van der Waals surface area contributed by atoms with Gasteiger partial charge in [-0.3, -0.25) is 0 Å². The van der Waals surface area contributed by atoms with Crippen LogP contribution in [0.25, 0.3) is 0 Å². The second kappa shape index (κ2) is 5.80. The van der Waals surface area contributed by atoms with E-state index in [2.05, 4.69) is 10.1 Å². The van der Waals surface area contributed by atoms with Crippen LogP contribution in [-0.2, 0) is 11.3 Å². The van der Waals surface area contributed by atoms with Crippen molar-refractivity contribution in [3.8, 4) is 0 Å². The van der Waals surface area contributed by atoms with Crippen LogP contribution in [0.4, 0.5) is 5.69 Å². The van der Waals surface area contributed by atoms with Crippen LogP contribution in [0.5, 0.6) is 0 Å². The Morgan fingerprint density at radius 2 is 2.16 bits per heavy atom. The predicted molar refractivity (Wildman–Crippen MR) is 73.6 cm³/mol. The Hall–Kier alpha value is -1.94. The minimum absolute atomic E-state index is 0.196. The molecule has 19 heavy (non-hydrogen) atoms. The van der Waals surface area contributed by atoms with Gasteiger partial charge in [-0.15, -0.1) is 0 Å². The largest absolute Gasteiger partial charge is 0.463 e. The topological polar surface area (TPSA) is 51.5 Å². The molecule has 1 N–H and O–H groups in total. The van der Waals surface area contributed by atoms with Crippen LogP contribution in [0.2, 0.25) is 5.02 Å². The minimum atomic E-state index is -0.481. The number of nitrogens with one attached hydrogen (secondary N) is 1. The summed E-state index contributed by atoms with van der Waals surface area (Å²) >= 11 is 6.04. The van der Waals surface area contributed by atoms with E-state index in [0.717, 1.165) is 11.3 Å². The Morgan fingerprint density at radius 3 is 2.89 bits per heavy atom. The van der Waals surface area contributed by atoms with E-state index in [4.69, 9.17) is 16.0 Å². The summed E-state index contributed by atoms with van der Waals surface area (Å²) in [6.07, 6.45) is 0. The summed E-state index contributed by atoms with van der Waals surface area (Å²) in [5.74, 6) is 0.368. The monoisotopic (exact) mass is 279 g/mol. The molecule has 0 bridgehead atoms. The predicted octanol–water partition coefficient (Wildman–Crippen LogP) is 3.64. The number of furan rings is 1. The Bertz CT molecular complexity index is 592. The van der Waals surface area contributed by atoms with Crippen molar-refractivity contribution in [1.82, 2.24) is 0 Å². The molecule has 1 aromatic heterocycles. The second-order valence-electron chi connectivity index (χ2n) is 4.02. The normalized spacial score (nSPS) is 10.3. The Labute approximate surface area is 116 Å². The maximum absolute atomic E-state index is 11.2. The van der Waals surface area contributed by atoms with Gasteiger partial charge in [0.2, 0.25) is 5.76 Å². The standard InChI is InChI=1S/C14H14ClNO3/c1-9-11(15)4-3-5-12(9)16-8-10-6-7-13(19-10)14(17)18-2/h3-7,16H,8H2,1-2H3. The molecular weight excluding hydrogens is 266 g/mol. The Balaban J connectivity index is 2.04. The van der Waals surface area contributed by atoms with Crippen molar-refractivity contribution >= 4 is 23.3 Å². The zero-order valence-electron chi connectivity index (χ0n) is 10.7. The first-order chi connectivity index (χ1) is 9.11. The summed E-state index contributed by atoms with van der Waals surface area (Å²) < 4.78 is 9.93. The molecule has 0 atom stereocenters. The fraction of sp³-hybridized carbons (Fsp3) is 0.214. The lowest BCUT2D eigenvalue weighted by Crippen LogP contribution is -2.01. The molecule has 100 valence electrons. The summed E-state index contributed by atoms with van der Waals surface area (Å²) in [5.41, 5.74) is 1.91. The van der Waals surface area contributed by atoms with Crippen LogP contribution in [-0.4, -0.2) is 13.1 Å². The molecular formula is C14H14ClNO3. The van der Waals surface area contributed by atoms with Crippen molar-refractivity contribution < 1.29 is 13.9 Å². The molecule has 1 heterocycles. The van der Waals surface area contributed by atoms with Crippen LogP contribution < -0.4 is 5.32 Å². The van der Waals surface area contributed by atoms with Crippen LogP contribution in [0.3, 0.4) is 0 Å². The van der Waals surface area contributed by atoms with E-state index in [1.165, 1.54) is 7.11 Å². The van der Waals surface area contributed by atoms with E-state index in [-0.39, 0.29) is 5.76 Å². The maximum Gasteiger partial charge on any atom is 0.373 e. The molecule has 0 saturated carbocycles. The molecule has 2 aromatic rings. The molecule has 0 fully saturated rings. The zero-order valence-corrected chi connectivity index (χ0v) is 11.5. The third kappa shape index (κ3) is 3.09. The van der Waals surface area contributed by atoms with Gasteiger partial charge in [0.1, 0.15) is 5.76 Å². The molecule has 0 aliphatic heterocycles. The Morgan fingerprint density at radius 1 is 1.37 bits per heavy atom. The molecule has 2 rings (SSSR count). The van der Waals surface area contributed by atoms with Gasteiger partial charge < -0.3 is 14.5 Å². The number of rotatable bonds is 4. The average molecular weight is 280 g/mol. The van der Waals surface area contributed by atoms with Crippen LogP contribution in [0, 0.1) is 6.92 Å². The fourth-order valence-corrected chi connectivity index (χ4v) is 1.84. The van der Waals surface area contributed by atoms with E-state index >= 15 is 0 Å². The molecule has 0 aliphatic carbocycles. The fourth-order valence-electron chi connectivity index (χ4n) is 1.66. The highest BCUT2D eigenvalue weighted by atomic mass is 35.5. The first-order valence-electron chi connectivity index (χ1n) is 5.78. The molecule has 0 aliphatic rings. The number of hydrogen-bond donors (Lipinski definition) is 1. The first kappa shape index (κ1) is 13.5. The van der Waals surface area contributed by atoms with Gasteiger partial charge in [-0.1, -0.05) is 17.7 Å². The van der Waals surface area contributed by atoms with Gasteiger partial charge in [-0.05, 0) is 36.8 Å². The van der Waals surface area contributed by atoms with Crippen molar-refractivity contribution in [2.75, 3.05) is 12.4 Å². The first-order valence-corrected chi connectivity index (χ1v) is 6.15. The number of ether oxygens (including phenoxy) is 1. The van der Waals surface area contributed by atoms with Crippen LogP contribution in [0.1, 0.15) is 21.9 Å². The third-order valence-corrected chi connectivity index (χ3v) is 3.18. The number of carbonyl (C=O) groups is 1. The van der Waals surface area contributed by atoms with Crippen LogP contribution in [0.15, 0.2) is 34.7 Å². The number of esters is 1. The summed E-state index contributed by atoms with van der Waals surface area (Å²) in [6, 6.07) is 8.97. The van der Waals surface area contributed by atoms with E-state index in [1.807, 2.05) is 25.1 Å². The maximum atomic E-state index is 11.2. The number of hydrogen-bond acceptors (Lipinski definition) is 4. The molecule has 0 amide bonds. The molecule has 5 heteroatoms. The minimum Gasteiger partial charge on any atom is -0.463 e. The summed E-state index contributed by atoms with van der Waals surface area (Å²) in [5, 5.41) is 3.92. The van der Waals surface area contributed by atoms with Gasteiger partial charge in [0.05, 0.1) is 13.7 Å². The van der Waals surface area contributed by atoms with Crippen molar-refractivity contribution in [3.63, 3.8) is 0 Å². The van der Waals surface area contributed by atoms with Crippen LogP contribution >= 0.6 is 11.6 Å². The number of anilines is 1.